The van der Waals surface area contributed by atoms with Crippen LogP contribution in [0.1, 0.15) is 17.5 Å². The third kappa shape index (κ3) is 3.44. The minimum atomic E-state index is 0.149. The predicted octanol–water partition coefficient (Wildman–Crippen LogP) is 3.13. The molecule has 3 aromatic rings. The van der Waals surface area contributed by atoms with E-state index in [1.54, 1.807) is 6.20 Å². The summed E-state index contributed by atoms with van der Waals surface area (Å²) in [4.78, 5) is 8.53. The normalized spacial score (nSPS) is 12.4. The van der Waals surface area contributed by atoms with Crippen LogP contribution in [0.25, 0.3) is 10.9 Å². The molecule has 0 fully saturated rings. The van der Waals surface area contributed by atoms with E-state index in [2.05, 4.69) is 34.2 Å². The molecule has 0 aliphatic carbocycles. The molecule has 0 bridgehead atoms. The van der Waals surface area contributed by atoms with Gasteiger partial charge in [-0.05, 0) is 48.6 Å². The monoisotopic (exact) mass is 277 g/mol. The molecule has 106 valence electrons. The van der Waals surface area contributed by atoms with E-state index in [4.69, 9.17) is 5.73 Å². The molecule has 2 aromatic heterocycles. The van der Waals surface area contributed by atoms with E-state index in [9.17, 15) is 0 Å². The number of fused-ring (bicyclic) bond motifs is 1. The van der Waals surface area contributed by atoms with Crippen LogP contribution in [0, 0.1) is 0 Å². The molecule has 0 saturated heterocycles. The van der Waals surface area contributed by atoms with Gasteiger partial charge in [-0.15, -0.1) is 0 Å². The smallest absolute Gasteiger partial charge is 0.0704 e. The molecule has 2 heterocycles. The van der Waals surface area contributed by atoms with Crippen molar-refractivity contribution in [3.05, 3.63) is 72.2 Å². The van der Waals surface area contributed by atoms with E-state index in [-0.39, 0.29) is 6.04 Å². The van der Waals surface area contributed by atoms with Gasteiger partial charge in [-0.25, -0.2) is 0 Å². The second-order valence-electron chi connectivity index (χ2n) is 5.35. The number of pyridine rings is 2. The molecule has 21 heavy (non-hydrogen) atoms. The first-order chi connectivity index (χ1) is 10.3. The van der Waals surface area contributed by atoms with Crippen molar-refractivity contribution in [3.63, 3.8) is 0 Å². The van der Waals surface area contributed by atoms with E-state index in [0.717, 1.165) is 24.8 Å². The molecule has 0 aliphatic heterocycles. The van der Waals surface area contributed by atoms with Crippen molar-refractivity contribution >= 4 is 10.9 Å². The number of rotatable bonds is 5. The number of aryl methyl sites for hydroxylation is 1. The van der Waals surface area contributed by atoms with Gasteiger partial charge in [-0.2, -0.15) is 0 Å². The molecule has 0 aliphatic rings. The average molecular weight is 277 g/mol. The maximum Gasteiger partial charge on any atom is 0.0704 e. The average Bonchev–Trinajstić information content (AvgIpc) is 2.54. The van der Waals surface area contributed by atoms with Crippen LogP contribution in [0.15, 0.2) is 61.1 Å². The van der Waals surface area contributed by atoms with Crippen molar-refractivity contribution in [2.45, 2.75) is 25.3 Å². The van der Waals surface area contributed by atoms with Crippen LogP contribution < -0.4 is 5.73 Å². The first-order valence-corrected chi connectivity index (χ1v) is 7.30. The SMILES string of the molecule is NC(CCc1cccnc1)Cc1ccnc2ccccc12. The van der Waals surface area contributed by atoms with Gasteiger partial charge >= 0.3 is 0 Å². The van der Waals surface area contributed by atoms with Crippen molar-refractivity contribution in [1.82, 2.24) is 9.97 Å². The zero-order chi connectivity index (χ0) is 14.5. The lowest BCUT2D eigenvalue weighted by molar-refractivity contribution is 0.611. The van der Waals surface area contributed by atoms with Crippen LogP contribution >= 0.6 is 0 Å². The number of hydrogen-bond donors (Lipinski definition) is 1. The van der Waals surface area contributed by atoms with Gasteiger partial charge in [0.1, 0.15) is 0 Å². The van der Waals surface area contributed by atoms with Crippen molar-refractivity contribution in [3.8, 4) is 0 Å². The molecule has 2 N–H and O–H groups in total. The van der Waals surface area contributed by atoms with Gasteiger partial charge in [-0.1, -0.05) is 24.3 Å². The standard InChI is InChI=1S/C18H19N3/c19-16(8-7-14-4-3-10-20-13-14)12-15-9-11-21-18-6-2-1-5-17(15)18/h1-6,9-11,13,16H,7-8,12,19H2. The molecule has 0 saturated carbocycles. The van der Waals surface area contributed by atoms with Crippen LogP contribution in [-0.2, 0) is 12.8 Å². The summed E-state index contributed by atoms with van der Waals surface area (Å²) in [6.07, 6.45) is 8.39. The minimum Gasteiger partial charge on any atom is -0.327 e. The highest BCUT2D eigenvalue weighted by Gasteiger charge is 2.08. The summed E-state index contributed by atoms with van der Waals surface area (Å²) in [6.45, 7) is 0. The number of nitrogens with two attached hydrogens (primary N) is 1. The fourth-order valence-electron chi connectivity index (χ4n) is 2.62. The molecule has 0 amide bonds. The van der Waals surface area contributed by atoms with Crippen molar-refractivity contribution in [2.24, 2.45) is 5.73 Å². The van der Waals surface area contributed by atoms with Crippen LogP contribution in [0.4, 0.5) is 0 Å². The second kappa shape index (κ2) is 6.46. The lowest BCUT2D eigenvalue weighted by Gasteiger charge is -2.13. The molecule has 1 aromatic carbocycles. The quantitative estimate of drug-likeness (QED) is 0.779. The van der Waals surface area contributed by atoms with Gasteiger partial charge in [0.15, 0.2) is 0 Å². The summed E-state index contributed by atoms with van der Waals surface area (Å²) >= 11 is 0. The lowest BCUT2D eigenvalue weighted by Crippen LogP contribution is -2.23. The Balaban J connectivity index is 1.67. The molecular formula is C18H19N3. The van der Waals surface area contributed by atoms with Crippen molar-refractivity contribution in [1.29, 1.82) is 0 Å². The fraction of sp³-hybridized carbons (Fsp3) is 0.222. The largest absolute Gasteiger partial charge is 0.327 e. The summed E-state index contributed by atoms with van der Waals surface area (Å²) in [5.41, 5.74) is 9.86. The first kappa shape index (κ1) is 13.7. The summed E-state index contributed by atoms with van der Waals surface area (Å²) in [6, 6.07) is 14.5. The Morgan fingerprint density at radius 3 is 2.76 bits per heavy atom. The molecule has 1 atom stereocenters. The van der Waals surface area contributed by atoms with E-state index >= 15 is 0 Å². The Labute approximate surface area is 124 Å². The summed E-state index contributed by atoms with van der Waals surface area (Å²) in [7, 11) is 0. The Hall–Kier alpha value is -2.26. The molecule has 3 heteroatoms. The maximum atomic E-state index is 6.30. The van der Waals surface area contributed by atoms with Crippen LogP contribution in [0.2, 0.25) is 0 Å². The highest BCUT2D eigenvalue weighted by atomic mass is 14.7. The van der Waals surface area contributed by atoms with Crippen molar-refractivity contribution in [2.75, 3.05) is 0 Å². The third-order valence-electron chi connectivity index (χ3n) is 3.75. The van der Waals surface area contributed by atoms with Crippen LogP contribution in [0.3, 0.4) is 0 Å². The maximum absolute atomic E-state index is 6.30. The first-order valence-electron chi connectivity index (χ1n) is 7.30. The van der Waals surface area contributed by atoms with Gasteiger partial charge < -0.3 is 5.73 Å². The Morgan fingerprint density at radius 2 is 1.90 bits per heavy atom. The Bertz CT molecular complexity index is 704. The van der Waals surface area contributed by atoms with Crippen molar-refractivity contribution < 1.29 is 0 Å². The highest BCUT2D eigenvalue weighted by molar-refractivity contribution is 5.81. The molecule has 3 nitrogen and oxygen atoms in total. The minimum absolute atomic E-state index is 0.149. The summed E-state index contributed by atoms with van der Waals surface area (Å²) in [5, 5.41) is 1.21. The molecule has 1 unspecified atom stereocenters. The van der Waals surface area contributed by atoms with E-state index < -0.39 is 0 Å². The van der Waals surface area contributed by atoms with Gasteiger partial charge in [0.2, 0.25) is 0 Å². The lowest BCUT2D eigenvalue weighted by atomic mass is 9.98. The topological polar surface area (TPSA) is 51.8 Å². The van der Waals surface area contributed by atoms with Crippen LogP contribution in [0.5, 0.6) is 0 Å². The predicted molar refractivity (Wildman–Crippen MR) is 86.0 cm³/mol. The van der Waals surface area contributed by atoms with Gasteiger partial charge in [-0.3, -0.25) is 9.97 Å². The van der Waals surface area contributed by atoms with Gasteiger partial charge in [0, 0.05) is 30.0 Å². The Morgan fingerprint density at radius 1 is 1.00 bits per heavy atom. The highest BCUT2D eigenvalue weighted by Crippen LogP contribution is 2.18. The van der Waals surface area contributed by atoms with E-state index in [1.165, 1.54) is 16.5 Å². The van der Waals surface area contributed by atoms with Gasteiger partial charge in [0.05, 0.1) is 5.52 Å². The number of para-hydroxylation sites is 1. The van der Waals surface area contributed by atoms with E-state index in [0.29, 0.717) is 0 Å². The number of aromatic nitrogens is 2. The molecule has 0 spiro atoms. The van der Waals surface area contributed by atoms with Gasteiger partial charge in [0.25, 0.3) is 0 Å². The Kier molecular flexibility index (Phi) is 4.22. The molecular weight excluding hydrogens is 258 g/mol. The summed E-state index contributed by atoms with van der Waals surface area (Å²) < 4.78 is 0. The zero-order valence-electron chi connectivity index (χ0n) is 11.9. The van der Waals surface area contributed by atoms with Crippen LogP contribution in [-0.4, -0.2) is 16.0 Å². The summed E-state index contributed by atoms with van der Waals surface area (Å²) in [5.74, 6) is 0. The third-order valence-corrected chi connectivity index (χ3v) is 3.75. The zero-order valence-corrected chi connectivity index (χ0v) is 11.9. The molecule has 3 rings (SSSR count). The second-order valence-corrected chi connectivity index (χ2v) is 5.35. The number of nitrogens with zero attached hydrogens (tertiary/aromatic N) is 2. The van der Waals surface area contributed by atoms with E-state index in [1.807, 2.05) is 30.6 Å². The number of benzene rings is 1. The molecule has 0 radical (unpaired) electrons. The number of hydrogen-bond acceptors (Lipinski definition) is 3. The fourth-order valence-corrected chi connectivity index (χ4v) is 2.62.